The van der Waals surface area contributed by atoms with Crippen molar-refractivity contribution in [2.24, 2.45) is 0 Å². The minimum atomic E-state index is 0.700. The molecule has 0 saturated carbocycles. The Hall–Kier alpha value is -1.55. The zero-order chi connectivity index (χ0) is 13.9. The Bertz CT molecular complexity index is 737. The smallest absolute Gasteiger partial charge is 0.137 e. The largest absolute Gasteiger partial charge is 0.307 e. The summed E-state index contributed by atoms with van der Waals surface area (Å²) in [6.45, 7) is 1.46. The number of hydrogen-bond donors (Lipinski definition) is 1. The molecule has 0 bridgehead atoms. The van der Waals surface area contributed by atoms with Gasteiger partial charge in [0.25, 0.3) is 0 Å². The van der Waals surface area contributed by atoms with Gasteiger partial charge in [-0.3, -0.25) is 0 Å². The van der Waals surface area contributed by atoms with Crippen molar-refractivity contribution in [3.8, 4) is 0 Å². The molecule has 0 unspecified atom stereocenters. The number of aromatic nitrogens is 2. The van der Waals surface area contributed by atoms with Crippen molar-refractivity contribution >= 4 is 28.8 Å². The standard InChI is InChI=1S/C15H13Cl2N3/c16-12-3-1-2-11(6-12)7-18-8-14-10-20-9-13(17)4-5-15(20)19-14/h1-6,9-10,18H,7-8H2. The van der Waals surface area contributed by atoms with Crippen LogP contribution in [0.5, 0.6) is 0 Å². The molecule has 1 aromatic carbocycles. The van der Waals surface area contributed by atoms with E-state index in [2.05, 4.69) is 10.3 Å². The number of hydrogen-bond acceptors (Lipinski definition) is 2. The van der Waals surface area contributed by atoms with E-state index in [1.165, 1.54) is 0 Å². The maximum Gasteiger partial charge on any atom is 0.137 e. The lowest BCUT2D eigenvalue weighted by molar-refractivity contribution is 0.683. The summed E-state index contributed by atoms with van der Waals surface area (Å²) in [6.07, 6.45) is 3.83. The van der Waals surface area contributed by atoms with Gasteiger partial charge in [0, 0.05) is 30.5 Å². The first-order chi connectivity index (χ1) is 9.70. The number of imidazole rings is 1. The van der Waals surface area contributed by atoms with Crippen LogP contribution in [0, 0.1) is 0 Å². The molecule has 0 spiro atoms. The van der Waals surface area contributed by atoms with E-state index >= 15 is 0 Å². The number of nitrogens with zero attached hydrogens (tertiary/aromatic N) is 2. The molecule has 0 fully saturated rings. The average Bonchev–Trinajstić information content (AvgIpc) is 2.80. The van der Waals surface area contributed by atoms with Gasteiger partial charge in [0.05, 0.1) is 10.7 Å². The van der Waals surface area contributed by atoms with E-state index in [-0.39, 0.29) is 0 Å². The summed E-state index contributed by atoms with van der Waals surface area (Å²) in [5.41, 5.74) is 3.03. The SMILES string of the molecule is Clc1cccc(CNCc2cn3cc(Cl)ccc3n2)c1. The van der Waals surface area contributed by atoms with Gasteiger partial charge in [0.1, 0.15) is 5.65 Å². The molecule has 0 amide bonds. The predicted octanol–water partition coefficient (Wildman–Crippen LogP) is 3.93. The van der Waals surface area contributed by atoms with Gasteiger partial charge in [0.15, 0.2) is 0 Å². The Labute approximate surface area is 127 Å². The molecule has 5 heteroatoms. The van der Waals surface area contributed by atoms with E-state index in [1.807, 2.05) is 53.2 Å². The van der Waals surface area contributed by atoms with Crippen LogP contribution >= 0.6 is 23.2 Å². The second kappa shape index (κ2) is 5.83. The molecule has 0 aliphatic rings. The molecule has 0 radical (unpaired) electrons. The van der Waals surface area contributed by atoms with E-state index in [4.69, 9.17) is 23.2 Å². The molecule has 3 rings (SSSR count). The van der Waals surface area contributed by atoms with E-state index in [9.17, 15) is 0 Å². The summed E-state index contributed by atoms with van der Waals surface area (Å²) in [7, 11) is 0. The van der Waals surface area contributed by atoms with Crippen molar-refractivity contribution in [3.05, 3.63) is 70.1 Å². The second-order valence-electron chi connectivity index (χ2n) is 4.58. The van der Waals surface area contributed by atoms with Gasteiger partial charge in [-0.15, -0.1) is 0 Å². The van der Waals surface area contributed by atoms with Crippen molar-refractivity contribution in [2.45, 2.75) is 13.1 Å². The summed E-state index contributed by atoms with van der Waals surface area (Å²) < 4.78 is 1.93. The minimum Gasteiger partial charge on any atom is -0.307 e. The second-order valence-corrected chi connectivity index (χ2v) is 5.45. The zero-order valence-corrected chi connectivity index (χ0v) is 12.2. The zero-order valence-electron chi connectivity index (χ0n) is 10.7. The molecule has 2 heterocycles. The number of benzene rings is 1. The molecule has 1 N–H and O–H groups in total. The third kappa shape index (κ3) is 3.12. The summed E-state index contributed by atoms with van der Waals surface area (Å²) in [4.78, 5) is 4.52. The number of pyridine rings is 1. The molecular formula is C15H13Cl2N3. The van der Waals surface area contributed by atoms with Crippen molar-refractivity contribution in [2.75, 3.05) is 0 Å². The number of rotatable bonds is 4. The fourth-order valence-electron chi connectivity index (χ4n) is 2.08. The minimum absolute atomic E-state index is 0.700. The Balaban J connectivity index is 1.65. The van der Waals surface area contributed by atoms with Crippen molar-refractivity contribution in [3.63, 3.8) is 0 Å². The fourth-order valence-corrected chi connectivity index (χ4v) is 2.47. The van der Waals surface area contributed by atoms with Crippen LogP contribution in [0.15, 0.2) is 48.8 Å². The first-order valence-corrected chi connectivity index (χ1v) is 7.04. The Morgan fingerprint density at radius 2 is 1.90 bits per heavy atom. The van der Waals surface area contributed by atoms with Gasteiger partial charge in [-0.2, -0.15) is 0 Å². The number of halogens is 2. The summed E-state index contributed by atoms with van der Waals surface area (Å²) >= 11 is 11.9. The maximum absolute atomic E-state index is 5.95. The van der Waals surface area contributed by atoms with Crippen LogP contribution in [0.25, 0.3) is 5.65 Å². The lowest BCUT2D eigenvalue weighted by Crippen LogP contribution is -2.12. The molecule has 20 heavy (non-hydrogen) atoms. The highest BCUT2D eigenvalue weighted by Gasteiger charge is 2.02. The van der Waals surface area contributed by atoms with Gasteiger partial charge in [-0.25, -0.2) is 4.98 Å². The van der Waals surface area contributed by atoms with Gasteiger partial charge in [-0.05, 0) is 29.8 Å². The van der Waals surface area contributed by atoms with Crippen LogP contribution in [-0.4, -0.2) is 9.38 Å². The Morgan fingerprint density at radius 3 is 2.75 bits per heavy atom. The molecule has 3 nitrogen and oxygen atoms in total. The lowest BCUT2D eigenvalue weighted by atomic mass is 10.2. The highest BCUT2D eigenvalue weighted by molar-refractivity contribution is 6.30. The van der Waals surface area contributed by atoms with E-state index in [0.717, 1.165) is 28.5 Å². The summed E-state index contributed by atoms with van der Waals surface area (Å²) in [5.74, 6) is 0. The van der Waals surface area contributed by atoms with Crippen molar-refractivity contribution in [1.29, 1.82) is 0 Å². The van der Waals surface area contributed by atoms with Crippen molar-refractivity contribution in [1.82, 2.24) is 14.7 Å². The molecule has 0 aliphatic heterocycles. The van der Waals surface area contributed by atoms with Crippen LogP contribution in [0.3, 0.4) is 0 Å². The van der Waals surface area contributed by atoms with Gasteiger partial charge in [0.2, 0.25) is 0 Å². The first kappa shape index (κ1) is 13.4. The van der Waals surface area contributed by atoms with Crippen molar-refractivity contribution < 1.29 is 0 Å². The Kier molecular flexibility index (Phi) is 3.92. The molecular weight excluding hydrogens is 293 g/mol. The van der Waals surface area contributed by atoms with Gasteiger partial charge < -0.3 is 9.72 Å². The number of nitrogens with one attached hydrogen (secondary N) is 1. The Morgan fingerprint density at radius 1 is 1.00 bits per heavy atom. The van der Waals surface area contributed by atoms with E-state index in [0.29, 0.717) is 11.6 Å². The topological polar surface area (TPSA) is 29.3 Å². The third-order valence-corrected chi connectivity index (χ3v) is 3.45. The molecule has 0 atom stereocenters. The van der Waals surface area contributed by atoms with Crippen LogP contribution in [0.4, 0.5) is 0 Å². The summed E-state index contributed by atoms with van der Waals surface area (Å²) in [6, 6.07) is 11.6. The first-order valence-electron chi connectivity index (χ1n) is 6.29. The van der Waals surface area contributed by atoms with Crippen LogP contribution < -0.4 is 5.32 Å². The molecule has 0 saturated heterocycles. The van der Waals surface area contributed by atoms with E-state index < -0.39 is 0 Å². The third-order valence-electron chi connectivity index (χ3n) is 2.99. The molecule has 0 aliphatic carbocycles. The maximum atomic E-state index is 5.95. The van der Waals surface area contributed by atoms with Gasteiger partial charge in [-0.1, -0.05) is 35.3 Å². The summed E-state index contributed by atoms with van der Waals surface area (Å²) in [5, 5.41) is 4.81. The predicted molar refractivity (Wildman–Crippen MR) is 82.2 cm³/mol. The highest BCUT2D eigenvalue weighted by atomic mass is 35.5. The highest BCUT2D eigenvalue weighted by Crippen LogP contribution is 2.12. The monoisotopic (exact) mass is 305 g/mol. The lowest BCUT2D eigenvalue weighted by Gasteiger charge is -2.03. The fraction of sp³-hybridized carbons (Fsp3) is 0.133. The van der Waals surface area contributed by atoms with Crippen LogP contribution in [0.2, 0.25) is 10.0 Å². The van der Waals surface area contributed by atoms with E-state index in [1.54, 1.807) is 0 Å². The average molecular weight is 306 g/mol. The molecule has 2 aromatic heterocycles. The van der Waals surface area contributed by atoms with Gasteiger partial charge >= 0.3 is 0 Å². The quantitative estimate of drug-likeness (QED) is 0.791. The molecule has 102 valence electrons. The molecule has 3 aromatic rings. The normalized spacial score (nSPS) is 11.1. The van der Waals surface area contributed by atoms with Crippen LogP contribution in [0.1, 0.15) is 11.3 Å². The number of fused-ring (bicyclic) bond motifs is 1. The van der Waals surface area contributed by atoms with Crippen LogP contribution in [-0.2, 0) is 13.1 Å².